The summed E-state index contributed by atoms with van der Waals surface area (Å²) in [5.74, 6) is 2.20. The van der Waals surface area contributed by atoms with Crippen LogP contribution in [0.4, 0.5) is 0 Å². The quantitative estimate of drug-likeness (QED) is 0.0699. The molecule has 4 aromatic carbocycles. The summed E-state index contributed by atoms with van der Waals surface area (Å²) in [6.45, 7) is 9.04. The standard InChI is InChI=1S/C37H43N2O5P/c1-28(2)39(29(3)4)45(43-26-12-25-38)44-36-16-11-10-13-30(36)27-42-37(31-14-8-7-9-15-31,32-17-21-34(40-5)22-18-32)33-19-23-35(41-6)24-20-33/h7-11,13-24,28-29H,12,26-27H2,1-6H3. The number of hydrogen-bond acceptors (Lipinski definition) is 7. The molecule has 0 aliphatic rings. The highest BCUT2D eigenvalue weighted by molar-refractivity contribution is 7.45. The van der Waals surface area contributed by atoms with Crippen molar-refractivity contribution in [2.75, 3.05) is 20.8 Å². The third-order valence-electron chi connectivity index (χ3n) is 7.43. The van der Waals surface area contributed by atoms with E-state index in [9.17, 15) is 0 Å². The molecular weight excluding hydrogens is 583 g/mol. The van der Waals surface area contributed by atoms with E-state index < -0.39 is 14.1 Å². The van der Waals surface area contributed by atoms with Crippen molar-refractivity contribution in [2.45, 2.75) is 58.4 Å². The molecule has 0 heterocycles. The van der Waals surface area contributed by atoms with Crippen LogP contribution in [0.25, 0.3) is 0 Å². The second-order valence-electron chi connectivity index (χ2n) is 11.0. The van der Waals surface area contributed by atoms with Crippen molar-refractivity contribution in [2.24, 2.45) is 0 Å². The molecule has 0 saturated heterocycles. The zero-order chi connectivity index (χ0) is 32.2. The van der Waals surface area contributed by atoms with E-state index in [1.807, 2.05) is 91.0 Å². The maximum atomic E-state index is 9.15. The largest absolute Gasteiger partial charge is 0.497 e. The lowest BCUT2D eigenvalue weighted by Gasteiger charge is -2.37. The Kier molecular flexibility index (Phi) is 12.4. The van der Waals surface area contributed by atoms with Crippen LogP contribution in [0.1, 0.15) is 56.4 Å². The molecule has 0 amide bonds. The number of ether oxygens (including phenoxy) is 3. The number of nitriles is 1. The normalized spacial score (nSPS) is 12.3. The minimum absolute atomic E-state index is 0.178. The lowest BCUT2D eigenvalue weighted by Crippen LogP contribution is -2.34. The summed E-state index contributed by atoms with van der Waals surface area (Å²) in [5.41, 5.74) is 2.79. The van der Waals surface area contributed by atoms with Crippen LogP contribution in [0.15, 0.2) is 103 Å². The molecular formula is C37H43N2O5P. The average Bonchev–Trinajstić information content (AvgIpc) is 3.06. The molecule has 0 aromatic heterocycles. The van der Waals surface area contributed by atoms with Crippen LogP contribution in [0.2, 0.25) is 0 Å². The number of methoxy groups -OCH3 is 2. The van der Waals surface area contributed by atoms with Gasteiger partial charge in [0.05, 0.1) is 39.9 Å². The van der Waals surface area contributed by atoms with Crippen LogP contribution >= 0.6 is 8.53 Å². The van der Waals surface area contributed by atoms with E-state index in [2.05, 4.69) is 50.6 Å². The molecule has 45 heavy (non-hydrogen) atoms. The van der Waals surface area contributed by atoms with Crippen molar-refractivity contribution in [3.63, 3.8) is 0 Å². The zero-order valence-electron chi connectivity index (χ0n) is 27.0. The van der Waals surface area contributed by atoms with Crippen molar-refractivity contribution in [1.29, 1.82) is 5.26 Å². The fourth-order valence-corrected chi connectivity index (χ4v) is 6.97. The highest BCUT2D eigenvalue weighted by Crippen LogP contribution is 2.48. The van der Waals surface area contributed by atoms with Crippen molar-refractivity contribution in [3.8, 4) is 23.3 Å². The first-order valence-corrected chi connectivity index (χ1v) is 16.3. The van der Waals surface area contributed by atoms with Crippen molar-refractivity contribution in [3.05, 3.63) is 125 Å². The van der Waals surface area contributed by atoms with Gasteiger partial charge in [-0.05, 0) is 74.7 Å². The van der Waals surface area contributed by atoms with Crippen LogP contribution in [0.3, 0.4) is 0 Å². The molecule has 0 radical (unpaired) electrons. The summed E-state index contributed by atoms with van der Waals surface area (Å²) >= 11 is 0. The molecule has 0 N–H and O–H groups in total. The highest BCUT2D eigenvalue weighted by Gasteiger charge is 2.38. The van der Waals surface area contributed by atoms with Crippen LogP contribution in [0, 0.1) is 11.3 Å². The van der Waals surface area contributed by atoms with Gasteiger partial charge in [-0.3, -0.25) is 0 Å². The summed E-state index contributed by atoms with van der Waals surface area (Å²) in [5, 5.41) is 9.15. The Bertz CT molecular complexity index is 1450. The first-order valence-electron chi connectivity index (χ1n) is 15.2. The van der Waals surface area contributed by atoms with E-state index in [1.165, 1.54) is 0 Å². The van der Waals surface area contributed by atoms with E-state index in [-0.39, 0.29) is 18.7 Å². The number of nitrogens with zero attached hydrogens (tertiary/aromatic N) is 2. The second kappa shape index (κ2) is 16.4. The third-order valence-corrected chi connectivity index (χ3v) is 9.49. The molecule has 4 rings (SSSR count). The Hall–Kier alpha value is -3.92. The molecule has 0 spiro atoms. The summed E-state index contributed by atoms with van der Waals surface area (Å²) < 4.78 is 33.2. The minimum atomic E-state index is -1.49. The maximum Gasteiger partial charge on any atom is 0.321 e. The zero-order valence-corrected chi connectivity index (χ0v) is 27.9. The van der Waals surface area contributed by atoms with Crippen molar-refractivity contribution < 1.29 is 23.3 Å². The van der Waals surface area contributed by atoms with Crippen LogP contribution in [-0.4, -0.2) is 37.6 Å². The average molecular weight is 627 g/mol. The van der Waals surface area contributed by atoms with E-state index in [0.29, 0.717) is 18.8 Å². The predicted molar refractivity (Wildman–Crippen MR) is 179 cm³/mol. The van der Waals surface area contributed by atoms with Gasteiger partial charge in [0, 0.05) is 17.6 Å². The Morgan fingerprint density at radius 3 is 1.73 bits per heavy atom. The van der Waals surface area contributed by atoms with Gasteiger partial charge in [0.15, 0.2) is 0 Å². The van der Waals surface area contributed by atoms with E-state index in [4.69, 9.17) is 28.5 Å². The van der Waals surface area contributed by atoms with Gasteiger partial charge in [0.1, 0.15) is 22.8 Å². The van der Waals surface area contributed by atoms with Gasteiger partial charge in [-0.25, -0.2) is 4.67 Å². The maximum absolute atomic E-state index is 9.15. The molecule has 0 bridgehead atoms. The highest BCUT2D eigenvalue weighted by atomic mass is 31.2. The number of benzene rings is 4. The van der Waals surface area contributed by atoms with Gasteiger partial charge < -0.3 is 23.3 Å². The van der Waals surface area contributed by atoms with Gasteiger partial charge in [-0.1, -0.05) is 72.8 Å². The first-order chi connectivity index (χ1) is 21.8. The fraction of sp³-hybridized carbons (Fsp3) is 0.324. The molecule has 1 atom stereocenters. The smallest absolute Gasteiger partial charge is 0.321 e. The van der Waals surface area contributed by atoms with E-state index in [0.717, 1.165) is 33.8 Å². The van der Waals surface area contributed by atoms with Crippen molar-refractivity contribution in [1.82, 2.24) is 4.67 Å². The second-order valence-corrected chi connectivity index (χ2v) is 12.4. The molecule has 7 nitrogen and oxygen atoms in total. The topological polar surface area (TPSA) is 73.2 Å². The molecule has 0 saturated carbocycles. The summed E-state index contributed by atoms with van der Waals surface area (Å²) in [4.78, 5) is 0. The number of para-hydroxylation sites is 1. The first kappa shape index (κ1) is 34.0. The SMILES string of the molecule is COc1ccc(C(OCc2ccccc2OP(OCCC#N)N(C(C)C)C(C)C)(c2ccccc2)c2ccc(OC)cc2)cc1. The van der Waals surface area contributed by atoms with Crippen LogP contribution in [-0.2, 0) is 21.5 Å². The Morgan fingerprint density at radius 1 is 0.711 bits per heavy atom. The van der Waals surface area contributed by atoms with Gasteiger partial charge in [0.2, 0.25) is 0 Å². The molecule has 1 unspecified atom stereocenters. The minimum Gasteiger partial charge on any atom is -0.497 e. The fourth-order valence-electron chi connectivity index (χ4n) is 5.34. The lowest BCUT2D eigenvalue weighted by molar-refractivity contribution is -0.000376. The van der Waals surface area contributed by atoms with Gasteiger partial charge in [-0.15, -0.1) is 0 Å². The Labute approximate surface area is 269 Å². The third kappa shape index (κ3) is 8.22. The summed E-state index contributed by atoms with van der Waals surface area (Å²) in [6, 6.07) is 36.6. The molecule has 236 valence electrons. The summed E-state index contributed by atoms with van der Waals surface area (Å²) in [6.07, 6.45) is 0.292. The molecule has 8 heteroatoms. The number of rotatable bonds is 16. The lowest BCUT2D eigenvalue weighted by atomic mass is 9.80. The van der Waals surface area contributed by atoms with Crippen LogP contribution < -0.4 is 14.0 Å². The van der Waals surface area contributed by atoms with Crippen LogP contribution in [0.5, 0.6) is 17.2 Å². The molecule has 4 aromatic rings. The van der Waals surface area contributed by atoms with E-state index >= 15 is 0 Å². The van der Waals surface area contributed by atoms with E-state index in [1.54, 1.807) is 14.2 Å². The molecule has 0 fully saturated rings. The van der Waals surface area contributed by atoms with Crippen molar-refractivity contribution >= 4 is 8.53 Å². The van der Waals surface area contributed by atoms with Gasteiger partial charge in [0.25, 0.3) is 0 Å². The Balaban J connectivity index is 1.79. The van der Waals surface area contributed by atoms with Gasteiger partial charge in [-0.2, -0.15) is 5.26 Å². The predicted octanol–water partition coefficient (Wildman–Crippen LogP) is 8.87. The van der Waals surface area contributed by atoms with Gasteiger partial charge >= 0.3 is 8.53 Å². The molecule has 0 aliphatic carbocycles. The monoisotopic (exact) mass is 626 g/mol. The number of hydrogen-bond donors (Lipinski definition) is 0. The molecule has 0 aliphatic heterocycles. The summed E-state index contributed by atoms with van der Waals surface area (Å²) in [7, 11) is 1.83. The Morgan fingerprint density at radius 2 is 1.22 bits per heavy atom.